The van der Waals surface area contributed by atoms with Crippen LogP contribution < -0.4 is 15.8 Å². The van der Waals surface area contributed by atoms with Crippen molar-refractivity contribution in [1.82, 2.24) is 19.9 Å². The van der Waals surface area contributed by atoms with Crippen molar-refractivity contribution in [1.29, 1.82) is 0 Å². The van der Waals surface area contributed by atoms with Gasteiger partial charge in [0.25, 0.3) is 0 Å². The molecular weight excluding hydrogens is 436 g/mol. The third kappa shape index (κ3) is 5.17. The van der Waals surface area contributed by atoms with Gasteiger partial charge in [-0.3, -0.25) is 0 Å². The molecule has 0 fully saturated rings. The highest BCUT2D eigenvalue weighted by Gasteiger charge is 2.18. The Morgan fingerprint density at radius 3 is 2.68 bits per heavy atom. The molecule has 10 heteroatoms. The highest BCUT2D eigenvalue weighted by Crippen LogP contribution is 2.31. The number of nitrogens with two attached hydrogens (primary N) is 1. The van der Waals surface area contributed by atoms with Crippen LogP contribution in [-0.4, -0.2) is 38.0 Å². The Hall–Kier alpha value is -4.34. The zero-order valence-corrected chi connectivity index (χ0v) is 19.0. The summed E-state index contributed by atoms with van der Waals surface area (Å²) in [6.45, 7) is 4.71. The van der Waals surface area contributed by atoms with E-state index in [1.54, 1.807) is 0 Å². The summed E-state index contributed by atoms with van der Waals surface area (Å²) in [5.74, 6) is 1.50. The number of aromatic nitrogens is 3. The molecule has 0 aliphatic carbocycles. The molecule has 0 aliphatic rings. The number of hydrogen-bond acceptors (Lipinski definition) is 7. The SMILES string of the molecule is CC(C)=NOCc1nc2c(N)nc3cc(OCc4ccccc4)ccc3c2n1CCNC(=O)O. The average molecular weight is 463 g/mol. The number of carbonyl (C=O) groups is 1. The number of nitrogen functional groups attached to an aromatic ring is 1. The van der Waals surface area contributed by atoms with E-state index < -0.39 is 6.09 Å². The molecule has 0 saturated carbocycles. The summed E-state index contributed by atoms with van der Waals surface area (Å²) in [6.07, 6.45) is -1.10. The Labute approximate surface area is 196 Å². The normalized spacial score (nSPS) is 10.9. The number of hydrogen-bond donors (Lipinski definition) is 3. The number of pyridine rings is 1. The van der Waals surface area contributed by atoms with E-state index in [1.807, 2.05) is 66.9 Å². The molecule has 4 N–H and O–H groups in total. The summed E-state index contributed by atoms with van der Waals surface area (Å²) in [6, 6.07) is 15.5. The second-order valence-corrected chi connectivity index (χ2v) is 7.87. The number of fused-ring (bicyclic) bond motifs is 3. The van der Waals surface area contributed by atoms with Gasteiger partial charge < -0.3 is 30.3 Å². The number of nitrogens with one attached hydrogen (secondary N) is 1. The lowest BCUT2D eigenvalue weighted by atomic mass is 10.1. The van der Waals surface area contributed by atoms with Crippen LogP contribution in [0.3, 0.4) is 0 Å². The third-order valence-electron chi connectivity index (χ3n) is 5.06. The van der Waals surface area contributed by atoms with Crippen molar-refractivity contribution in [3.8, 4) is 5.75 Å². The van der Waals surface area contributed by atoms with Crippen LogP contribution in [0.4, 0.5) is 10.6 Å². The van der Waals surface area contributed by atoms with Gasteiger partial charge in [-0.2, -0.15) is 0 Å². The quantitative estimate of drug-likeness (QED) is 0.253. The first kappa shape index (κ1) is 22.8. The lowest BCUT2D eigenvalue weighted by Crippen LogP contribution is -2.25. The summed E-state index contributed by atoms with van der Waals surface area (Å²) >= 11 is 0. The first-order chi connectivity index (χ1) is 16.4. The molecule has 4 rings (SSSR count). The molecule has 0 saturated heterocycles. The fourth-order valence-electron chi connectivity index (χ4n) is 3.61. The van der Waals surface area contributed by atoms with Gasteiger partial charge in [0.05, 0.1) is 16.7 Å². The molecule has 34 heavy (non-hydrogen) atoms. The predicted molar refractivity (Wildman–Crippen MR) is 130 cm³/mol. The number of anilines is 1. The van der Waals surface area contributed by atoms with Gasteiger partial charge in [0, 0.05) is 24.5 Å². The summed E-state index contributed by atoms with van der Waals surface area (Å²) in [5.41, 5.74) is 10.0. The van der Waals surface area contributed by atoms with Crippen LogP contribution in [0.15, 0.2) is 53.7 Å². The standard InChI is InChI=1S/C24H26N6O4/c1-15(2)29-34-14-20-28-21-22(30(20)11-10-26-24(31)32)18-9-8-17(12-19(18)27-23(21)25)33-13-16-6-4-3-5-7-16/h3-9,12,26H,10-11,13-14H2,1-2H3,(H2,25,27)(H,31,32). The largest absolute Gasteiger partial charge is 0.489 e. The van der Waals surface area contributed by atoms with Crippen molar-refractivity contribution in [3.63, 3.8) is 0 Å². The zero-order valence-electron chi connectivity index (χ0n) is 19.0. The molecular formula is C24H26N6O4. The van der Waals surface area contributed by atoms with Crippen LogP contribution in [0, 0.1) is 0 Å². The molecule has 0 aliphatic heterocycles. The van der Waals surface area contributed by atoms with Crippen LogP contribution in [-0.2, 0) is 24.6 Å². The third-order valence-corrected chi connectivity index (χ3v) is 5.06. The Morgan fingerprint density at radius 1 is 1.15 bits per heavy atom. The predicted octanol–water partition coefficient (Wildman–Crippen LogP) is 3.93. The van der Waals surface area contributed by atoms with Crippen molar-refractivity contribution < 1.29 is 19.5 Å². The van der Waals surface area contributed by atoms with E-state index in [-0.39, 0.29) is 19.0 Å². The molecule has 0 unspecified atom stereocenters. The van der Waals surface area contributed by atoms with Gasteiger partial charge in [-0.1, -0.05) is 35.5 Å². The van der Waals surface area contributed by atoms with Gasteiger partial charge in [-0.25, -0.2) is 14.8 Å². The summed E-state index contributed by atoms with van der Waals surface area (Å²) in [7, 11) is 0. The number of imidazole rings is 1. The maximum absolute atomic E-state index is 11.0. The maximum atomic E-state index is 11.0. The summed E-state index contributed by atoms with van der Waals surface area (Å²) in [5, 5.41) is 16.2. The molecule has 0 bridgehead atoms. The minimum absolute atomic E-state index is 0.103. The molecule has 1 amide bonds. The Balaban J connectivity index is 1.72. The maximum Gasteiger partial charge on any atom is 0.404 e. The van der Waals surface area contributed by atoms with Crippen LogP contribution in [0.25, 0.3) is 21.9 Å². The summed E-state index contributed by atoms with van der Waals surface area (Å²) in [4.78, 5) is 25.5. The lowest BCUT2D eigenvalue weighted by Gasteiger charge is -2.12. The number of nitrogens with zero attached hydrogens (tertiary/aromatic N) is 4. The van der Waals surface area contributed by atoms with Gasteiger partial charge in [-0.15, -0.1) is 0 Å². The molecule has 2 heterocycles. The molecule has 0 spiro atoms. The highest BCUT2D eigenvalue weighted by atomic mass is 16.6. The van der Waals surface area contributed by atoms with E-state index in [2.05, 4.69) is 20.4 Å². The molecule has 0 atom stereocenters. The van der Waals surface area contributed by atoms with Crippen molar-refractivity contribution in [3.05, 3.63) is 59.9 Å². The number of benzene rings is 2. The molecule has 0 radical (unpaired) electrons. The second-order valence-electron chi connectivity index (χ2n) is 7.87. The van der Waals surface area contributed by atoms with Crippen LogP contribution in [0.1, 0.15) is 25.2 Å². The Morgan fingerprint density at radius 2 is 1.94 bits per heavy atom. The molecule has 10 nitrogen and oxygen atoms in total. The second kappa shape index (κ2) is 10.1. The minimum atomic E-state index is -1.10. The van der Waals surface area contributed by atoms with E-state index in [4.69, 9.17) is 20.4 Å². The first-order valence-electron chi connectivity index (χ1n) is 10.8. The van der Waals surface area contributed by atoms with E-state index in [0.29, 0.717) is 35.8 Å². The molecule has 2 aromatic carbocycles. The fraction of sp³-hybridized carbons (Fsp3) is 0.250. The van der Waals surface area contributed by atoms with E-state index in [0.717, 1.165) is 22.2 Å². The molecule has 4 aromatic rings. The van der Waals surface area contributed by atoms with Gasteiger partial charge in [0.2, 0.25) is 0 Å². The van der Waals surface area contributed by atoms with Crippen molar-refractivity contribution >= 4 is 39.6 Å². The van der Waals surface area contributed by atoms with Crippen LogP contribution in [0.2, 0.25) is 0 Å². The smallest absolute Gasteiger partial charge is 0.404 e. The summed E-state index contributed by atoms with van der Waals surface area (Å²) < 4.78 is 7.83. The van der Waals surface area contributed by atoms with Crippen LogP contribution in [0.5, 0.6) is 5.75 Å². The monoisotopic (exact) mass is 462 g/mol. The van der Waals surface area contributed by atoms with Gasteiger partial charge in [0.1, 0.15) is 17.9 Å². The van der Waals surface area contributed by atoms with E-state index in [1.165, 1.54) is 0 Å². The number of carboxylic acid groups (broad SMARTS) is 1. The van der Waals surface area contributed by atoms with E-state index >= 15 is 0 Å². The zero-order chi connectivity index (χ0) is 24.1. The van der Waals surface area contributed by atoms with Crippen molar-refractivity contribution in [2.75, 3.05) is 12.3 Å². The van der Waals surface area contributed by atoms with Gasteiger partial charge in [0.15, 0.2) is 18.2 Å². The Kier molecular flexibility index (Phi) is 6.77. The topological polar surface area (TPSA) is 137 Å². The number of amides is 1. The number of oxime groups is 1. The van der Waals surface area contributed by atoms with Crippen molar-refractivity contribution in [2.24, 2.45) is 5.16 Å². The lowest BCUT2D eigenvalue weighted by molar-refractivity contribution is 0.122. The Bertz CT molecular complexity index is 1350. The average Bonchev–Trinajstić information content (AvgIpc) is 3.17. The first-order valence-corrected chi connectivity index (χ1v) is 10.8. The highest BCUT2D eigenvalue weighted by molar-refractivity contribution is 6.07. The fourth-order valence-corrected chi connectivity index (χ4v) is 3.61. The molecule has 176 valence electrons. The van der Waals surface area contributed by atoms with Gasteiger partial charge in [-0.05, 0) is 31.5 Å². The number of ether oxygens (including phenoxy) is 1. The van der Waals surface area contributed by atoms with E-state index in [9.17, 15) is 4.79 Å². The van der Waals surface area contributed by atoms with Crippen LogP contribution >= 0.6 is 0 Å². The minimum Gasteiger partial charge on any atom is -0.489 e. The van der Waals surface area contributed by atoms with Crippen molar-refractivity contribution in [2.45, 2.75) is 33.6 Å². The van der Waals surface area contributed by atoms with Gasteiger partial charge >= 0.3 is 6.09 Å². The number of rotatable bonds is 9. The molecule has 2 aromatic heterocycles.